The first-order chi connectivity index (χ1) is 8.20. The summed E-state index contributed by atoms with van der Waals surface area (Å²) in [5.74, 6) is 0.131. The number of hydrogen-bond donors (Lipinski definition) is 1. The molecule has 5 heteroatoms. The molecule has 1 aliphatic rings. The first kappa shape index (κ1) is 12.5. The summed E-state index contributed by atoms with van der Waals surface area (Å²) in [6.45, 7) is 5.35. The summed E-state index contributed by atoms with van der Waals surface area (Å²) >= 11 is 1.38. The molecule has 0 saturated carbocycles. The van der Waals surface area contributed by atoms with Gasteiger partial charge in [0.25, 0.3) is 0 Å². The number of nitrogens with zero attached hydrogens (tertiary/aromatic N) is 1. The Morgan fingerprint density at radius 1 is 1.65 bits per heavy atom. The molecule has 1 aliphatic heterocycles. The molecule has 1 fully saturated rings. The standard InChI is InChI=1S/C12H18N2O2S/c1-3-16-12(15)11-14-10(7-17-11)9-5-4-8(2)13-6-9/h7-9,13H,3-6H2,1-2H3. The minimum atomic E-state index is -0.305. The Labute approximate surface area is 105 Å². The van der Waals surface area contributed by atoms with Crippen molar-refractivity contribution >= 4 is 17.3 Å². The Morgan fingerprint density at radius 3 is 3.12 bits per heavy atom. The molecule has 0 bridgehead atoms. The molecular weight excluding hydrogens is 236 g/mol. The fourth-order valence-corrected chi connectivity index (χ4v) is 2.80. The maximum Gasteiger partial charge on any atom is 0.367 e. The average molecular weight is 254 g/mol. The second-order valence-corrected chi connectivity index (χ2v) is 5.24. The van der Waals surface area contributed by atoms with Crippen molar-refractivity contribution in [3.05, 3.63) is 16.1 Å². The number of carbonyl (C=O) groups is 1. The number of ether oxygens (including phenoxy) is 1. The number of nitrogens with one attached hydrogen (secondary N) is 1. The quantitative estimate of drug-likeness (QED) is 0.840. The molecule has 0 radical (unpaired) electrons. The second kappa shape index (κ2) is 5.60. The van der Waals surface area contributed by atoms with E-state index in [4.69, 9.17) is 4.74 Å². The minimum Gasteiger partial charge on any atom is -0.461 e. The van der Waals surface area contributed by atoms with Crippen molar-refractivity contribution in [2.75, 3.05) is 13.2 Å². The second-order valence-electron chi connectivity index (χ2n) is 4.38. The van der Waals surface area contributed by atoms with Crippen LogP contribution in [0.25, 0.3) is 0 Å². The van der Waals surface area contributed by atoms with Crippen LogP contribution in [0.5, 0.6) is 0 Å². The molecule has 2 atom stereocenters. The van der Waals surface area contributed by atoms with Gasteiger partial charge in [0.1, 0.15) is 0 Å². The Morgan fingerprint density at radius 2 is 2.47 bits per heavy atom. The lowest BCUT2D eigenvalue weighted by atomic mass is 9.93. The van der Waals surface area contributed by atoms with Gasteiger partial charge in [-0.25, -0.2) is 9.78 Å². The van der Waals surface area contributed by atoms with Crippen LogP contribution >= 0.6 is 11.3 Å². The summed E-state index contributed by atoms with van der Waals surface area (Å²) in [4.78, 5) is 15.9. The molecule has 0 spiro atoms. The van der Waals surface area contributed by atoms with Gasteiger partial charge in [-0.3, -0.25) is 0 Å². The lowest BCUT2D eigenvalue weighted by Crippen LogP contribution is -2.35. The van der Waals surface area contributed by atoms with E-state index in [2.05, 4.69) is 17.2 Å². The Balaban J connectivity index is 2.00. The fourth-order valence-electron chi connectivity index (χ4n) is 2.01. The molecule has 2 rings (SSSR count). The van der Waals surface area contributed by atoms with Crippen molar-refractivity contribution < 1.29 is 9.53 Å². The average Bonchev–Trinajstić information content (AvgIpc) is 2.80. The number of aromatic nitrogens is 1. The van der Waals surface area contributed by atoms with Crippen molar-refractivity contribution in [2.45, 2.75) is 38.6 Å². The summed E-state index contributed by atoms with van der Waals surface area (Å²) in [5, 5.41) is 5.90. The third kappa shape index (κ3) is 3.04. The zero-order valence-electron chi connectivity index (χ0n) is 10.2. The highest BCUT2D eigenvalue weighted by Crippen LogP contribution is 2.26. The van der Waals surface area contributed by atoms with Crippen LogP contribution in [0, 0.1) is 0 Å². The SMILES string of the molecule is CCOC(=O)c1nc(C2CCC(C)NC2)cs1. The largest absolute Gasteiger partial charge is 0.461 e. The summed E-state index contributed by atoms with van der Waals surface area (Å²) in [7, 11) is 0. The first-order valence-electron chi connectivity index (χ1n) is 6.06. The predicted molar refractivity (Wildman–Crippen MR) is 67.5 cm³/mol. The highest BCUT2D eigenvalue weighted by Gasteiger charge is 2.22. The van der Waals surface area contributed by atoms with Gasteiger partial charge in [0.15, 0.2) is 0 Å². The van der Waals surface area contributed by atoms with Crippen molar-refractivity contribution in [3.63, 3.8) is 0 Å². The van der Waals surface area contributed by atoms with Crippen LogP contribution in [-0.4, -0.2) is 30.1 Å². The molecule has 1 saturated heterocycles. The molecule has 0 amide bonds. The van der Waals surface area contributed by atoms with Gasteiger partial charge in [-0.05, 0) is 26.7 Å². The predicted octanol–water partition coefficient (Wildman–Crippen LogP) is 2.18. The Hall–Kier alpha value is -0.940. The Bertz CT molecular complexity index is 384. The van der Waals surface area contributed by atoms with E-state index in [1.807, 2.05) is 5.38 Å². The Kier molecular flexibility index (Phi) is 4.12. The summed E-state index contributed by atoms with van der Waals surface area (Å²) in [6.07, 6.45) is 2.30. The molecule has 1 aromatic rings. The molecule has 0 aliphatic carbocycles. The van der Waals surface area contributed by atoms with E-state index in [9.17, 15) is 4.79 Å². The van der Waals surface area contributed by atoms with Gasteiger partial charge in [-0.1, -0.05) is 0 Å². The van der Waals surface area contributed by atoms with E-state index in [1.54, 1.807) is 6.92 Å². The molecule has 0 aromatic carbocycles. The lowest BCUT2D eigenvalue weighted by molar-refractivity contribution is 0.0525. The van der Waals surface area contributed by atoms with Gasteiger partial charge < -0.3 is 10.1 Å². The van der Waals surface area contributed by atoms with Gasteiger partial charge in [0, 0.05) is 23.9 Å². The molecule has 1 aromatic heterocycles. The van der Waals surface area contributed by atoms with Crippen LogP contribution in [-0.2, 0) is 4.74 Å². The van der Waals surface area contributed by atoms with E-state index in [1.165, 1.54) is 11.3 Å². The lowest BCUT2D eigenvalue weighted by Gasteiger charge is -2.26. The van der Waals surface area contributed by atoms with Gasteiger partial charge in [0.2, 0.25) is 5.01 Å². The highest BCUT2D eigenvalue weighted by atomic mass is 32.1. The van der Waals surface area contributed by atoms with E-state index in [-0.39, 0.29) is 5.97 Å². The molecule has 2 heterocycles. The highest BCUT2D eigenvalue weighted by molar-refractivity contribution is 7.11. The zero-order chi connectivity index (χ0) is 12.3. The van der Waals surface area contributed by atoms with Crippen molar-refractivity contribution in [3.8, 4) is 0 Å². The number of carbonyl (C=O) groups excluding carboxylic acids is 1. The van der Waals surface area contributed by atoms with E-state index >= 15 is 0 Å². The van der Waals surface area contributed by atoms with Gasteiger partial charge in [-0.2, -0.15) is 0 Å². The number of esters is 1. The van der Waals surface area contributed by atoms with Crippen LogP contribution < -0.4 is 5.32 Å². The monoisotopic (exact) mass is 254 g/mol. The maximum absolute atomic E-state index is 11.5. The maximum atomic E-state index is 11.5. The van der Waals surface area contributed by atoms with Crippen LogP contribution in [0.3, 0.4) is 0 Å². The van der Waals surface area contributed by atoms with Gasteiger partial charge in [-0.15, -0.1) is 11.3 Å². The number of thiazole rings is 1. The normalized spacial score (nSPS) is 24.6. The third-order valence-electron chi connectivity index (χ3n) is 3.05. The van der Waals surface area contributed by atoms with Crippen molar-refractivity contribution in [1.29, 1.82) is 0 Å². The fraction of sp³-hybridized carbons (Fsp3) is 0.667. The summed E-state index contributed by atoms with van der Waals surface area (Å²) in [5.41, 5.74) is 1.03. The van der Waals surface area contributed by atoms with Gasteiger partial charge in [0.05, 0.1) is 12.3 Å². The van der Waals surface area contributed by atoms with Crippen LogP contribution in [0.1, 0.15) is 48.1 Å². The molecule has 1 N–H and O–H groups in total. The summed E-state index contributed by atoms with van der Waals surface area (Å²) < 4.78 is 4.94. The van der Waals surface area contributed by atoms with Gasteiger partial charge >= 0.3 is 5.97 Å². The van der Waals surface area contributed by atoms with E-state index in [0.717, 1.165) is 25.1 Å². The number of hydrogen-bond acceptors (Lipinski definition) is 5. The van der Waals surface area contributed by atoms with E-state index in [0.29, 0.717) is 23.6 Å². The van der Waals surface area contributed by atoms with Crippen molar-refractivity contribution in [2.24, 2.45) is 0 Å². The number of piperidine rings is 1. The molecule has 17 heavy (non-hydrogen) atoms. The molecule has 2 unspecified atom stereocenters. The zero-order valence-corrected chi connectivity index (χ0v) is 11.0. The first-order valence-corrected chi connectivity index (χ1v) is 6.94. The van der Waals surface area contributed by atoms with Crippen LogP contribution in [0.15, 0.2) is 5.38 Å². The molecule has 94 valence electrons. The third-order valence-corrected chi connectivity index (χ3v) is 3.89. The topological polar surface area (TPSA) is 51.2 Å². The van der Waals surface area contributed by atoms with E-state index < -0.39 is 0 Å². The molecular formula is C12H18N2O2S. The number of rotatable bonds is 3. The van der Waals surface area contributed by atoms with Crippen LogP contribution in [0.2, 0.25) is 0 Å². The summed E-state index contributed by atoms with van der Waals surface area (Å²) in [6, 6.07) is 0.592. The van der Waals surface area contributed by atoms with Crippen LogP contribution in [0.4, 0.5) is 0 Å². The minimum absolute atomic E-state index is 0.305. The smallest absolute Gasteiger partial charge is 0.367 e. The van der Waals surface area contributed by atoms with Crippen molar-refractivity contribution in [1.82, 2.24) is 10.3 Å². The molecule has 4 nitrogen and oxygen atoms in total.